The molecule has 28 heavy (non-hydrogen) atoms. The Labute approximate surface area is 161 Å². The van der Waals surface area contributed by atoms with E-state index in [1.54, 1.807) is 16.6 Å². The van der Waals surface area contributed by atoms with Gasteiger partial charge in [0.15, 0.2) is 11.3 Å². The fourth-order valence-electron chi connectivity index (χ4n) is 3.74. The van der Waals surface area contributed by atoms with E-state index in [2.05, 4.69) is 20.3 Å². The largest absolute Gasteiger partial charge is 0.348 e. The molecule has 1 N–H and O–H groups in total. The number of halogens is 1. The molecule has 7 heteroatoms. The lowest BCUT2D eigenvalue weighted by molar-refractivity contribution is 0.0960. The van der Waals surface area contributed by atoms with Crippen molar-refractivity contribution in [2.75, 3.05) is 11.4 Å². The summed E-state index contributed by atoms with van der Waals surface area (Å²) in [6, 6.07) is 10.5. The Morgan fingerprint density at radius 2 is 2.14 bits per heavy atom. The Kier molecular flexibility index (Phi) is 3.93. The van der Waals surface area contributed by atoms with Crippen molar-refractivity contribution in [3.8, 4) is 0 Å². The highest BCUT2D eigenvalue weighted by Crippen LogP contribution is 2.35. The van der Waals surface area contributed by atoms with Gasteiger partial charge in [-0.15, -0.1) is 5.10 Å². The normalized spacial score (nSPS) is 18.2. The molecule has 140 valence electrons. The van der Waals surface area contributed by atoms with Crippen LogP contribution in [0.15, 0.2) is 66.5 Å². The number of carbonyl (C=O) groups is 1. The molecule has 6 nitrogen and oxygen atoms in total. The molecule has 0 spiro atoms. The van der Waals surface area contributed by atoms with Crippen LogP contribution >= 0.6 is 0 Å². The average molecular weight is 375 g/mol. The van der Waals surface area contributed by atoms with Crippen molar-refractivity contribution in [2.45, 2.75) is 18.9 Å². The molecule has 0 bridgehead atoms. The Hall–Kier alpha value is -3.48. The first-order valence-electron chi connectivity index (χ1n) is 9.26. The summed E-state index contributed by atoms with van der Waals surface area (Å²) in [5.41, 5.74) is 2.68. The lowest BCUT2D eigenvalue weighted by Gasteiger charge is -2.26. The van der Waals surface area contributed by atoms with Crippen LogP contribution in [-0.4, -0.2) is 27.0 Å². The molecule has 0 saturated carbocycles. The van der Waals surface area contributed by atoms with Crippen molar-refractivity contribution in [1.82, 2.24) is 19.9 Å². The number of carbonyl (C=O) groups excluding carboxylic acids is 1. The molecular formula is C21H18FN5O. The van der Waals surface area contributed by atoms with E-state index >= 15 is 0 Å². The molecule has 1 amide bonds. The predicted octanol–water partition coefficient (Wildman–Crippen LogP) is 3.39. The fourth-order valence-corrected chi connectivity index (χ4v) is 3.74. The third-order valence-corrected chi connectivity index (χ3v) is 5.17. The Balaban J connectivity index is 1.48. The average Bonchev–Trinajstić information content (AvgIpc) is 3.31. The number of amides is 1. The summed E-state index contributed by atoms with van der Waals surface area (Å²) >= 11 is 0. The molecule has 5 rings (SSSR count). The van der Waals surface area contributed by atoms with Crippen molar-refractivity contribution in [2.24, 2.45) is 0 Å². The van der Waals surface area contributed by atoms with Crippen molar-refractivity contribution >= 4 is 17.4 Å². The van der Waals surface area contributed by atoms with E-state index in [4.69, 9.17) is 0 Å². The number of fused-ring (bicyclic) bond motifs is 1. The SMILES string of the molecule is O=C(NC1=CC=C1)c1cnc2ccc(N3CCCC3c3cccc(F)c3)nn12. The minimum atomic E-state index is -0.254. The summed E-state index contributed by atoms with van der Waals surface area (Å²) in [7, 11) is 0. The molecule has 1 aliphatic carbocycles. The Morgan fingerprint density at radius 1 is 1.25 bits per heavy atom. The topological polar surface area (TPSA) is 62.5 Å². The van der Waals surface area contributed by atoms with Crippen molar-refractivity contribution in [1.29, 1.82) is 0 Å². The molecule has 1 fully saturated rings. The number of nitrogens with one attached hydrogen (secondary N) is 1. The number of aromatic nitrogens is 3. The van der Waals surface area contributed by atoms with Crippen LogP contribution in [0.4, 0.5) is 10.2 Å². The third-order valence-electron chi connectivity index (χ3n) is 5.17. The highest BCUT2D eigenvalue weighted by molar-refractivity contribution is 5.94. The number of benzene rings is 1. The van der Waals surface area contributed by atoms with Gasteiger partial charge in [-0.25, -0.2) is 13.9 Å². The minimum absolute atomic E-state index is 0.0618. The second kappa shape index (κ2) is 6.60. The van der Waals surface area contributed by atoms with Gasteiger partial charge in [0.25, 0.3) is 5.91 Å². The molecular weight excluding hydrogens is 357 g/mol. The predicted molar refractivity (Wildman–Crippen MR) is 103 cm³/mol. The van der Waals surface area contributed by atoms with Gasteiger partial charge >= 0.3 is 0 Å². The number of hydrogen-bond donors (Lipinski definition) is 1. The maximum absolute atomic E-state index is 13.7. The van der Waals surface area contributed by atoms with Gasteiger partial charge in [0.05, 0.1) is 12.2 Å². The summed E-state index contributed by atoms with van der Waals surface area (Å²) < 4.78 is 15.3. The van der Waals surface area contributed by atoms with Crippen molar-refractivity contribution < 1.29 is 9.18 Å². The van der Waals surface area contributed by atoms with E-state index in [9.17, 15) is 9.18 Å². The second-order valence-electron chi connectivity index (χ2n) is 6.95. The maximum Gasteiger partial charge on any atom is 0.276 e. The van der Waals surface area contributed by atoms with E-state index in [1.807, 2.05) is 36.4 Å². The van der Waals surface area contributed by atoms with Crippen LogP contribution in [0, 0.1) is 5.82 Å². The van der Waals surface area contributed by atoms with E-state index in [0.717, 1.165) is 36.5 Å². The van der Waals surface area contributed by atoms with Crippen molar-refractivity contribution in [3.63, 3.8) is 0 Å². The highest BCUT2D eigenvalue weighted by atomic mass is 19.1. The van der Waals surface area contributed by atoms with E-state index < -0.39 is 0 Å². The molecule has 1 unspecified atom stereocenters. The molecule has 1 saturated heterocycles. The Morgan fingerprint density at radius 3 is 2.93 bits per heavy atom. The monoisotopic (exact) mass is 375 g/mol. The van der Waals surface area contributed by atoms with E-state index in [1.165, 1.54) is 12.3 Å². The second-order valence-corrected chi connectivity index (χ2v) is 6.95. The van der Waals surface area contributed by atoms with Crippen molar-refractivity contribution in [3.05, 3.63) is 83.6 Å². The smallest absolute Gasteiger partial charge is 0.276 e. The first-order chi connectivity index (χ1) is 13.7. The number of imidazole rings is 1. The number of anilines is 1. The number of rotatable bonds is 4. The zero-order valence-electron chi connectivity index (χ0n) is 15.0. The molecule has 3 heterocycles. The summed E-state index contributed by atoms with van der Waals surface area (Å²) in [6.07, 6.45) is 8.97. The van der Waals surface area contributed by atoms with Gasteiger partial charge in [-0.05, 0) is 54.8 Å². The van der Waals surface area contributed by atoms with Gasteiger partial charge in [-0.3, -0.25) is 4.79 Å². The van der Waals surface area contributed by atoms with Gasteiger partial charge in [0.2, 0.25) is 0 Å². The zero-order valence-corrected chi connectivity index (χ0v) is 15.0. The molecule has 2 aromatic heterocycles. The molecule has 1 atom stereocenters. The van der Waals surface area contributed by atoms with Gasteiger partial charge in [-0.1, -0.05) is 18.2 Å². The third kappa shape index (κ3) is 2.85. The van der Waals surface area contributed by atoms with Crippen LogP contribution < -0.4 is 10.2 Å². The first-order valence-corrected chi connectivity index (χ1v) is 9.26. The van der Waals surface area contributed by atoms with Crippen LogP contribution in [0.1, 0.15) is 34.9 Å². The number of allylic oxidation sites excluding steroid dienone is 3. The molecule has 1 aliphatic heterocycles. The Bertz CT molecular complexity index is 1130. The van der Waals surface area contributed by atoms with Gasteiger partial charge < -0.3 is 10.2 Å². The summed E-state index contributed by atoms with van der Waals surface area (Å²) in [5.74, 6) is 0.255. The van der Waals surface area contributed by atoms with Crippen LogP contribution in [0.5, 0.6) is 0 Å². The van der Waals surface area contributed by atoms with Gasteiger partial charge in [0, 0.05) is 12.2 Å². The zero-order chi connectivity index (χ0) is 19.1. The van der Waals surface area contributed by atoms with Crippen LogP contribution in [0.2, 0.25) is 0 Å². The lowest BCUT2D eigenvalue weighted by Crippen LogP contribution is -2.27. The number of hydrogen-bond acceptors (Lipinski definition) is 4. The summed E-state index contributed by atoms with van der Waals surface area (Å²) in [4.78, 5) is 19.0. The van der Waals surface area contributed by atoms with Gasteiger partial charge in [0.1, 0.15) is 11.6 Å². The highest BCUT2D eigenvalue weighted by Gasteiger charge is 2.28. The van der Waals surface area contributed by atoms with Gasteiger partial charge in [-0.2, -0.15) is 0 Å². The fraction of sp³-hybridized carbons (Fsp3) is 0.190. The maximum atomic E-state index is 13.7. The molecule has 0 radical (unpaired) electrons. The molecule has 3 aromatic rings. The van der Waals surface area contributed by atoms with E-state index in [-0.39, 0.29) is 17.8 Å². The minimum Gasteiger partial charge on any atom is -0.348 e. The summed E-state index contributed by atoms with van der Waals surface area (Å²) in [6.45, 7) is 0.827. The molecule has 1 aromatic carbocycles. The standard InChI is InChI=1S/C21H18FN5O/c22-15-5-1-4-14(12-15)17-8-3-11-26(17)20-10-9-19-23-13-18(27(19)25-20)21(28)24-16-6-2-7-16/h1-2,4-7,9-10,12-13,17H,3,8,11H2,(H,24,28). The first kappa shape index (κ1) is 16.7. The number of nitrogens with zero attached hydrogens (tertiary/aromatic N) is 4. The van der Waals surface area contributed by atoms with Crippen LogP contribution in [0.25, 0.3) is 5.65 Å². The van der Waals surface area contributed by atoms with Crippen LogP contribution in [-0.2, 0) is 0 Å². The van der Waals surface area contributed by atoms with E-state index in [0.29, 0.717) is 11.3 Å². The quantitative estimate of drug-likeness (QED) is 0.759. The lowest BCUT2D eigenvalue weighted by atomic mass is 10.0. The summed E-state index contributed by atoms with van der Waals surface area (Å²) in [5, 5.41) is 7.50. The molecule has 2 aliphatic rings. The van der Waals surface area contributed by atoms with Crippen LogP contribution in [0.3, 0.4) is 0 Å².